The second-order valence-electron chi connectivity index (χ2n) is 10.1. The summed E-state index contributed by atoms with van der Waals surface area (Å²) in [6, 6.07) is 9.49. The lowest BCUT2D eigenvalue weighted by molar-refractivity contribution is -0.143. The molecule has 0 heterocycles. The summed E-state index contributed by atoms with van der Waals surface area (Å²) in [5.74, 6) is -0.422. The molecule has 0 saturated carbocycles. The summed E-state index contributed by atoms with van der Waals surface area (Å²) in [6.07, 6.45) is 5.38. The number of benzene rings is 2. The molecule has 6 heteroatoms. The quantitative estimate of drug-likeness (QED) is 0.187. The van der Waals surface area contributed by atoms with Crippen molar-refractivity contribution in [1.29, 1.82) is 0 Å². The predicted molar refractivity (Wildman–Crippen MR) is 147 cm³/mol. The molecule has 0 aliphatic heterocycles. The topological polar surface area (TPSA) is 64.6 Å². The average molecular weight is 514 g/mol. The molecule has 2 rings (SSSR count). The maximum Gasteiger partial charge on any atom is 0.408 e. The van der Waals surface area contributed by atoms with Crippen LogP contribution in [0.2, 0.25) is 5.02 Å². The third-order valence-electron chi connectivity index (χ3n) is 5.69. The van der Waals surface area contributed by atoms with E-state index in [9.17, 15) is 9.59 Å². The van der Waals surface area contributed by atoms with Crippen LogP contribution in [0.4, 0.5) is 4.79 Å². The van der Waals surface area contributed by atoms with E-state index in [0.29, 0.717) is 10.6 Å². The number of alkyl carbamates (subject to hydrolysis) is 1. The van der Waals surface area contributed by atoms with Gasteiger partial charge in [0, 0.05) is 5.02 Å². The van der Waals surface area contributed by atoms with Gasteiger partial charge in [-0.25, -0.2) is 4.79 Å². The highest BCUT2D eigenvalue weighted by Gasteiger charge is 2.25. The molecular formula is C30H40ClNO4. The molecule has 196 valence electrons. The number of nitrogens with one attached hydrogen (secondary N) is 1. The van der Waals surface area contributed by atoms with Gasteiger partial charge in [-0.1, -0.05) is 41.4 Å². The van der Waals surface area contributed by atoms with Crippen LogP contribution in [0.1, 0.15) is 81.7 Å². The first kappa shape index (κ1) is 29.4. The van der Waals surface area contributed by atoms with Crippen LogP contribution in [0, 0.1) is 13.8 Å². The Hall–Kier alpha value is -2.79. The monoisotopic (exact) mass is 513 g/mol. The summed E-state index contributed by atoms with van der Waals surface area (Å²) >= 11 is 6.63. The SMILES string of the molecule is C=CCCCCc1cc(C)cc(C)c1-c1ccc(Cl)c([C@H](CC(=O)OCC)NC(=O)OC(C)(C)C)c1. The fourth-order valence-electron chi connectivity index (χ4n) is 4.31. The predicted octanol–water partition coefficient (Wildman–Crippen LogP) is 8.04. The van der Waals surface area contributed by atoms with E-state index < -0.39 is 23.7 Å². The summed E-state index contributed by atoms with van der Waals surface area (Å²) in [6.45, 7) is 15.4. The first-order valence-corrected chi connectivity index (χ1v) is 13.0. The Kier molecular flexibility index (Phi) is 11.0. The van der Waals surface area contributed by atoms with Crippen LogP contribution in [0.15, 0.2) is 43.0 Å². The van der Waals surface area contributed by atoms with Crippen molar-refractivity contribution < 1.29 is 19.1 Å². The number of amides is 1. The third kappa shape index (κ3) is 9.02. The molecule has 0 unspecified atom stereocenters. The van der Waals surface area contributed by atoms with Gasteiger partial charge in [-0.05, 0) is 107 Å². The molecule has 5 nitrogen and oxygen atoms in total. The molecule has 0 bridgehead atoms. The number of unbranched alkanes of at least 4 members (excludes halogenated alkanes) is 2. The number of carbonyl (C=O) groups is 2. The summed E-state index contributed by atoms with van der Waals surface area (Å²) in [7, 11) is 0. The summed E-state index contributed by atoms with van der Waals surface area (Å²) in [4.78, 5) is 25.0. The van der Waals surface area contributed by atoms with Crippen molar-refractivity contribution in [2.75, 3.05) is 6.61 Å². The Bertz CT molecular complexity index is 1070. The second kappa shape index (κ2) is 13.5. The summed E-state index contributed by atoms with van der Waals surface area (Å²) in [5.41, 5.74) is 5.77. The van der Waals surface area contributed by atoms with Gasteiger partial charge in [0.25, 0.3) is 0 Å². The number of ether oxygens (including phenoxy) is 2. The van der Waals surface area contributed by atoms with Crippen LogP contribution in [-0.2, 0) is 20.7 Å². The van der Waals surface area contributed by atoms with Gasteiger partial charge in [-0.3, -0.25) is 4.79 Å². The van der Waals surface area contributed by atoms with E-state index in [1.807, 2.05) is 24.3 Å². The minimum atomic E-state index is -0.701. The Labute approximate surface area is 221 Å². The molecule has 0 fully saturated rings. The van der Waals surface area contributed by atoms with E-state index in [1.165, 1.54) is 16.7 Å². The normalized spacial score (nSPS) is 12.1. The maximum absolute atomic E-state index is 12.6. The van der Waals surface area contributed by atoms with Crippen LogP contribution >= 0.6 is 11.6 Å². The first-order valence-electron chi connectivity index (χ1n) is 12.6. The van der Waals surface area contributed by atoms with Crippen molar-refractivity contribution in [2.24, 2.45) is 0 Å². The highest BCUT2D eigenvalue weighted by atomic mass is 35.5. The van der Waals surface area contributed by atoms with Gasteiger partial charge in [0.2, 0.25) is 0 Å². The van der Waals surface area contributed by atoms with Gasteiger partial charge in [-0.2, -0.15) is 0 Å². The van der Waals surface area contributed by atoms with Crippen LogP contribution in [0.5, 0.6) is 0 Å². The largest absolute Gasteiger partial charge is 0.466 e. The van der Waals surface area contributed by atoms with Crippen molar-refractivity contribution in [1.82, 2.24) is 5.32 Å². The van der Waals surface area contributed by atoms with Gasteiger partial charge >= 0.3 is 12.1 Å². The number of allylic oxidation sites excluding steroid dienone is 1. The lowest BCUT2D eigenvalue weighted by atomic mass is 9.88. The molecule has 36 heavy (non-hydrogen) atoms. The Balaban J connectivity index is 2.50. The van der Waals surface area contributed by atoms with Crippen LogP contribution < -0.4 is 5.32 Å². The molecular weight excluding hydrogens is 474 g/mol. The second-order valence-corrected chi connectivity index (χ2v) is 10.5. The average Bonchev–Trinajstić information content (AvgIpc) is 2.75. The van der Waals surface area contributed by atoms with E-state index in [1.54, 1.807) is 27.7 Å². The van der Waals surface area contributed by atoms with Crippen molar-refractivity contribution >= 4 is 23.7 Å². The van der Waals surface area contributed by atoms with Gasteiger partial charge < -0.3 is 14.8 Å². The minimum Gasteiger partial charge on any atom is -0.466 e. The van der Waals surface area contributed by atoms with Gasteiger partial charge in [0.15, 0.2) is 0 Å². The molecule has 0 aromatic heterocycles. The number of halogens is 1. The highest BCUT2D eigenvalue weighted by molar-refractivity contribution is 6.31. The first-order chi connectivity index (χ1) is 16.9. The van der Waals surface area contributed by atoms with E-state index >= 15 is 0 Å². The molecule has 1 atom stereocenters. The number of carbonyl (C=O) groups excluding carboxylic acids is 2. The number of hydrogen-bond acceptors (Lipinski definition) is 4. The minimum absolute atomic E-state index is 0.0580. The van der Waals surface area contributed by atoms with Crippen molar-refractivity contribution in [3.63, 3.8) is 0 Å². The van der Waals surface area contributed by atoms with Crippen LogP contribution in [0.3, 0.4) is 0 Å². The summed E-state index contributed by atoms with van der Waals surface area (Å²) in [5, 5.41) is 3.29. The molecule has 0 aliphatic carbocycles. The van der Waals surface area contributed by atoms with Crippen LogP contribution in [0.25, 0.3) is 11.1 Å². The van der Waals surface area contributed by atoms with Crippen molar-refractivity contribution in [2.45, 2.75) is 85.3 Å². The Morgan fingerprint density at radius 2 is 1.86 bits per heavy atom. The smallest absolute Gasteiger partial charge is 0.408 e. The Morgan fingerprint density at radius 3 is 2.50 bits per heavy atom. The molecule has 1 amide bonds. The van der Waals surface area contributed by atoms with Gasteiger partial charge in [-0.15, -0.1) is 6.58 Å². The fraction of sp³-hybridized carbons (Fsp3) is 0.467. The molecule has 0 aliphatic rings. The van der Waals surface area contributed by atoms with Crippen LogP contribution in [-0.4, -0.2) is 24.3 Å². The van der Waals surface area contributed by atoms with Gasteiger partial charge in [0.05, 0.1) is 19.1 Å². The molecule has 2 aromatic carbocycles. The number of aryl methyl sites for hydroxylation is 3. The molecule has 0 saturated heterocycles. The number of hydrogen-bond donors (Lipinski definition) is 1. The molecule has 2 aromatic rings. The molecule has 1 N–H and O–H groups in total. The number of esters is 1. The highest BCUT2D eigenvalue weighted by Crippen LogP contribution is 2.35. The van der Waals surface area contributed by atoms with E-state index in [4.69, 9.17) is 21.1 Å². The zero-order valence-corrected chi connectivity index (χ0v) is 23.3. The maximum atomic E-state index is 12.6. The fourth-order valence-corrected chi connectivity index (χ4v) is 4.56. The van der Waals surface area contributed by atoms with E-state index in [-0.39, 0.29) is 13.0 Å². The standard InChI is InChI=1S/C30H40ClNO4/c1-8-10-11-12-13-22-17-20(3)16-21(4)28(22)23-14-15-25(31)24(18-23)26(19-27(33)35-9-2)32-29(34)36-30(5,6)7/h8,14-18,26H,1,9-13,19H2,2-7H3,(H,32,34)/t26-/m0/s1. The zero-order valence-electron chi connectivity index (χ0n) is 22.5. The Morgan fingerprint density at radius 1 is 1.14 bits per heavy atom. The molecule has 0 radical (unpaired) electrons. The van der Waals surface area contributed by atoms with Crippen molar-refractivity contribution in [3.8, 4) is 11.1 Å². The van der Waals surface area contributed by atoms with E-state index in [2.05, 4.69) is 37.9 Å². The zero-order chi connectivity index (χ0) is 26.9. The lowest BCUT2D eigenvalue weighted by Crippen LogP contribution is -2.36. The lowest BCUT2D eigenvalue weighted by Gasteiger charge is -2.25. The number of rotatable bonds is 11. The molecule has 0 spiro atoms. The summed E-state index contributed by atoms with van der Waals surface area (Å²) < 4.78 is 10.6. The van der Waals surface area contributed by atoms with Crippen molar-refractivity contribution in [3.05, 3.63) is 70.3 Å². The third-order valence-corrected chi connectivity index (χ3v) is 6.04. The van der Waals surface area contributed by atoms with E-state index in [0.717, 1.165) is 36.8 Å². The van der Waals surface area contributed by atoms with Gasteiger partial charge in [0.1, 0.15) is 5.60 Å².